The van der Waals surface area contributed by atoms with Gasteiger partial charge in [0.1, 0.15) is 0 Å². The Hall–Kier alpha value is -1.39. The molecule has 0 saturated carbocycles. The minimum Gasteiger partial charge on any atom is -0.351 e. The molecule has 1 atom stereocenters. The summed E-state index contributed by atoms with van der Waals surface area (Å²) in [5, 5.41) is 3.17. The quantitative estimate of drug-likeness (QED) is 0.898. The highest BCUT2D eigenvalue weighted by atomic mass is 16.2. The van der Waals surface area contributed by atoms with Crippen LogP contribution in [0, 0.1) is 5.92 Å². The second-order valence-corrected chi connectivity index (χ2v) is 9.07. The van der Waals surface area contributed by atoms with Crippen molar-refractivity contribution in [3.63, 3.8) is 0 Å². The van der Waals surface area contributed by atoms with Crippen molar-refractivity contribution in [2.24, 2.45) is 5.92 Å². The van der Waals surface area contributed by atoms with E-state index in [1.54, 1.807) is 0 Å². The summed E-state index contributed by atoms with van der Waals surface area (Å²) in [4.78, 5) is 17.7. The first-order chi connectivity index (χ1) is 12.4. The van der Waals surface area contributed by atoms with Crippen molar-refractivity contribution in [3.05, 3.63) is 35.9 Å². The summed E-state index contributed by atoms with van der Waals surface area (Å²) < 4.78 is 0. The van der Waals surface area contributed by atoms with Gasteiger partial charge in [-0.1, -0.05) is 30.3 Å². The molecule has 4 nitrogen and oxygen atoms in total. The van der Waals surface area contributed by atoms with Gasteiger partial charge in [-0.05, 0) is 71.7 Å². The van der Waals surface area contributed by atoms with E-state index in [4.69, 9.17) is 0 Å². The van der Waals surface area contributed by atoms with Gasteiger partial charge in [-0.3, -0.25) is 14.6 Å². The van der Waals surface area contributed by atoms with E-state index >= 15 is 0 Å². The molecule has 144 valence electrons. The van der Waals surface area contributed by atoms with Gasteiger partial charge in [0.2, 0.25) is 5.91 Å². The number of amides is 1. The first kappa shape index (κ1) is 19.4. The van der Waals surface area contributed by atoms with Crippen LogP contribution in [0.3, 0.4) is 0 Å². The van der Waals surface area contributed by atoms with Crippen LogP contribution in [0.2, 0.25) is 0 Å². The second-order valence-electron chi connectivity index (χ2n) is 9.07. The van der Waals surface area contributed by atoms with Crippen LogP contribution in [-0.2, 0) is 11.3 Å². The summed E-state index contributed by atoms with van der Waals surface area (Å²) in [6, 6.07) is 11.4. The summed E-state index contributed by atoms with van der Waals surface area (Å²) in [7, 11) is 0. The van der Waals surface area contributed by atoms with Gasteiger partial charge < -0.3 is 5.32 Å². The lowest BCUT2D eigenvalue weighted by atomic mass is 9.92. The highest BCUT2D eigenvalue weighted by Crippen LogP contribution is 2.25. The van der Waals surface area contributed by atoms with Crippen LogP contribution in [0.15, 0.2) is 30.3 Å². The summed E-state index contributed by atoms with van der Waals surface area (Å²) >= 11 is 0. The van der Waals surface area contributed by atoms with E-state index in [0.29, 0.717) is 6.04 Å². The van der Waals surface area contributed by atoms with Crippen molar-refractivity contribution >= 4 is 5.91 Å². The molecule has 0 bridgehead atoms. The molecule has 2 saturated heterocycles. The minimum absolute atomic E-state index is 0.137. The standard InChI is InChI=1S/C22H35N3O/c1-22(2,3)23-21(26)19-10-7-13-25(17-19)20-11-14-24(15-12-20)16-18-8-5-4-6-9-18/h4-6,8-9,19-20H,7,10-17H2,1-3H3,(H,23,26)/t19-/m0/s1. The van der Waals surface area contributed by atoms with E-state index in [-0.39, 0.29) is 17.4 Å². The maximum absolute atomic E-state index is 12.6. The first-order valence-corrected chi connectivity index (χ1v) is 10.2. The molecule has 3 rings (SSSR count). The zero-order valence-electron chi connectivity index (χ0n) is 16.7. The Kier molecular flexibility index (Phi) is 6.36. The van der Waals surface area contributed by atoms with Gasteiger partial charge in [-0.25, -0.2) is 0 Å². The minimum atomic E-state index is -0.137. The molecule has 0 radical (unpaired) electrons. The molecule has 2 heterocycles. The number of nitrogens with one attached hydrogen (secondary N) is 1. The third-order valence-corrected chi connectivity index (χ3v) is 5.64. The van der Waals surface area contributed by atoms with Crippen molar-refractivity contribution in [1.29, 1.82) is 0 Å². The van der Waals surface area contributed by atoms with Crippen molar-refractivity contribution in [2.75, 3.05) is 26.2 Å². The van der Waals surface area contributed by atoms with Crippen molar-refractivity contribution in [3.8, 4) is 0 Å². The Morgan fingerprint density at radius 1 is 1.08 bits per heavy atom. The van der Waals surface area contributed by atoms with Crippen LogP contribution in [-0.4, -0.2) is 53.5 Å². The molecule has 1 N–H and O–H groups in total. The van der Waals surface area contributed by atoms with Gasteiger partial charge in [0, 0.05) is 24.7 Å². The van der Waals surface area contributed by atoms with E-state index in [1.165, 1.54) is 18.4 Å². The fourth-order valence-corrected chi connectivity index (χ4v) is 4.31. The number of nitrogens with zero attached hydrogens (tertiary/aromatic N) is 2. The largest absolute Gasteiger partial charge is 0.351 e. The van der Waals surface area contributed by atoms with Gasteiger partial charge >= 0.3 is 0 Å². The number of carbonyl (C=O) groups excluding carboxylic acids is 1. The zero-order chi connectivity index (χ0) is 18.6. The maximum Gasteiger partial charge on any atom is 0.224 e. The van der Waals surface area contributed by atoms with Crippen molar-refractivity contribution in [2.45, 2.75) is 64.6 Å². The number of likely N-dealkylation sites (tertiary alicyclic amines) is 2. The van der Waals surface area contributed by atoms with E-state index in [0.717, 1.165) is 45.6 Å². The van der Waals surface area contributed by atoms with Crippen LogP contribution in [0.25, 0.3) is 0 Å². The highest BCUT2D eigenvalue weighted by Gasteiger charge is 2.32. The molecule has 2 aliphatic rings. The number of piperidine rings is 2. The Labute approximate surface area is 158 Å². The summed E-state index contributed by atoms with van der Waals surface area (Å²) in [5.74, 6) is 0.397. The van der Waals surface area contributed by atoms with Crippen molar-refractivity contribution < 1.29 is 4.79 Å². The smallest absolute Gasteiger partial charge is 0.224 e. The molecule has 2 fully saturated rings. The lowest BCUT2D eigenvalue weighted by molar-refractivity contribution is -0.128. The molecule has 2 aliphatic heterocycles. The number of carbonyl (C=O) groups is 1. The Morgan fingerprint density at radius 2 is 1.77 bits per heavy atom. The van der Waals surface area contributed by atoms with E-state index in [9.17, 15) is 4.79 Å². The topological polar surface area (TPSA) is 35.6 Å². The van der Waals surface area contributed by atoms with E-state index in [1.807, 2.05) is 0 Å². The third kappa shape index (κ3) is 5.55. The van der Waals surface area contributed by atoms with E-state index < -0.39 is 0 Å². The fourth-order valence-electron chi connectivity index (χ4n) is 4.31. The molecular weight excluding hydrogens is 322 g/mol. The summed E-state index contributed by atoms with van der Waals surface area (Å²) in [5.41, 5.74) is 1.27. The molecular formula is C22H35N3O. The second kappa shape index (κ2) is 8.53. The van der Waals surface area contributed by atoms with Crippen LogP contribution in [0.4, 0.5) is 0 Å². The Morgan fingerprint density at radius 3 is 2.42 bits per heavy atom. The van der Waals surface area contributed by atoms with Gasteiger partial charge in [0.05, 0.1) is 5.92 Å². The van der Waals surface area contributed by atoms with Gasteiger partial charge in [0.25, 0.3) is 0 Å². The average molecular weight is 358 g/mol. The Balaban J connectivity index is 1.47. The first-order valence-electron chi connectivity index (χ1n) is 10.2. The van der Waals surface area contributed by atoms with Gasteiger partial charge in [-0.15, -0.1) is 0 Å². The van der Waals surface area contributed by atoms with Crippen molar-refractivity contribution in [1.82, 2.24) is 15.1 Å². The average Bonchev–Trinajstić information content (AvgIpc) is 2.62. The van der Waals surface area contributed by atoms with E-state index in [2.05, 4.69) is 66.2 Å². The van der Waals surface area contributed by atoms with Gasteiger partial charge in [-0.2, -0.15) is 0 Å². The summed E-state index contributed by atoms with van der Waals surface area (Å²) in [6.07, 6.45) is 4.62. The molecule has 0 aromatic heterocycles. The summed E-state index contributed by atoms with van der Waals surface area (Å²) in [6.45, 7) is 11.7. The van der Waals surface area contributed by atoms with Crippen LogP contribution < -0.4 is 5.32 Å². The predicted octanol–water partition coefficient (Wildman–Crippen LogP) is 3.28. The maximum atomic E-state index is 12.6. The third-order valence-electron chi connectivity index (χ3n) is 5.64. The highest BCUT2D eigenvalue weighted by molar-refractivity contribution is 5.79. The van der Waals surface area contributed by atoms with Gasteiger partial charge in [0.15, 0.2) is 0 Å². The Bertz CT molecular complexity index is 573. The molecule has 1 aromatic rings. The van der Waals surface area contributed by atoms with Crippen LogP contribution in [0.5, 0.6) is 0 Å². The molecule has 1 amide bonds. The molecule has 26 heavy (non-hydrogen) atoms. The number of benzene rings is 1. The molecule has 0 spiro atoms. The van der Waals surface area contributed by atoms with Crippen LogP contribution >= 0.6 is 0 Å². The normalized spacial score (nSPS) is 23.7. The lowest BCUT2D eigenvalue weighted by Crippen LogP contribution is -2.52. The fraction of sp³-hybridized carbons (Fsp3) is 0.682. The number of hydrogen-bond donors (Lipinski definition) is 1. The molecule has 4 heteroatoms. The lowest BCUT2D eigenvalue weighted by Gasteiger charge is -2.42. The molecule has 0 aliphatic carbocycles. The zero-order valence-corrected chi connectivity index (χ0v) is 16.7. The number of hydrogen-bond acceptors (Lipinski definition) is 3. The SMILES string of the molecule is CC(C)(C)NC(=O)[C@H]1CCCN(C2CCN(Cc3ccccc3)CC2)C1. The number of rotatable bonds is 4. The monoisotopic (exact) mass is 357 g/mol. The molecule has 1 aromatic carbocycles. The molecule has 0 unspecified atom stereocenters. The van der Waals surface area contributed by atoms with Crippen LogP contribution in [0.1, 0.15) is 52.0 Å². The predicted molar refractivity (Wildman–Crippen MR) is 107 cm³/mol.